The number of methoxy groups -OCH3 is 1. The van der Waals surface area contributed by atoms with Crippen molar-refractivity contribution in [3.63, 3.8) is 0 Å². The average Bonchev–Trinajstić information content (AvgIpc) is 3.94. The molecule has 246 valence electrons. The van der Waals surface area contributed by atoms with Crippen LogP contribution in [0.3, 0.4) is 0 Å². The maximum Gasteiger partial charge on any atom is 0.334 e. The molecule has 7 aliphatic carbocycles. The summed E-state index contributed by atoms with van der Waals surface area (Å²) in [6, 6.07) is 0. The number of rotatable bonds is 5. The SMILES string of the molecule is COC(=O)/C(C)=C1\C(=O)[C@H](O)[C@]2(C)C3=C(C[C@@H]4[C@]5(OC(=O)C(C)=C5C[C@H]5[C@](O)(COC(=O)/C=C(\C)CO)[C@H]6C[C@H]6[C@]45C)[C@H]31)[C@H]1C[C@H]12. The lowest BCUT2D eigenvalue weighted by atomic mass is 9.42. The molecule has 0 radical (unpaired) electrons. The molecule has 10 nitrogen and oxygen atoms in total. The number of hydrogen-bond donors (Lipinski definition) is 3. The lowest BCUT2D eigenvalue weighted by Crippen LogP contribution is -2.67. The van der Waals surface area contributed by atoms with Crippen LogP contribution in [0.5, 0.6) is 0 Å². The largest absolute Gasteiger partial charge is 0.466 e. The van der Waals surface area contributed by atoms with E-state index in [4.69, 9.17) is 14.2 Å². The van der Waals surface area contributed by atoms with Gasteiger partial charge in [-0.1, -0.05) is 19.4 Å². The van der Waals surface area contributed by atoms with E-state index in [1.165, 1.54) is 18.8 Å². The van der Waals surface area contributed by atoms with E-state index in [0.717, 1.165) is 24.0 Å². The average molecular weight is 635 g/mol. The Morgan fingerprint density at radius 3 is 2.46 bits per heavy atom. The van der Waals surface area contributed by atoms with Crippen molar-refractivity contribution in [2.24, 2.45) is 52.3 Å². The zero-order valence-electron chi connectivity index (χ0n) is 27.1. The Morgan fingerprint density at radius 1 is 1.07 bits per heavy atom. The third kappa shape index (κ3) is 3.24. The molecule has 5 saturated carbocycles. The highest BCUT2D eigenvalue weighted by Gasteiger charge is 2.84. The molecule has 1 spiro atoms. The van der Waals surface area contributed by atoms with Crippen molar-refractivity contribution < 1.29 is 48.7 Å². The molecule has 0 saturated heterocycles. The Labute approximate surface area is 267 Å². The molecule has 1 heterocycles. The number of fused-ring (bicyclic) bond motifs is 7. The lowest BCUT2D eigenvalue weighted by molar-refractivity contribution is -0.191. The highest BCUT2D eigenvalue weighted by molar-refractivity contribution is 6.09. The van der Waals surface area contributed by atoms with Crippen molar-refractivity contribution >= 4 is 23.7 Å². The topological polar surface area (TPSA) is 157 Å². The van der Waals surface area contributed by atoms with Crippen LogP contribution in [0.2, 0.25) is 0 Å². The van der Waals surface area contributed by atoms with Crippen LogP contribution < -0.4 is 0 Å². The van der Waals surface area contributed by atoms with E-state index in [0.29, 0.717) is 24.0 Å². The van der Waals surface area contributed by atoms with Gasteiger partial charge in [-0.25, -0.2) is 14.4 Å². The summed E-state index contributed by atoms with van der Waals surface area (Å²) < 4.78 is 17.4. The number of carbonyl (C=O) groups is 4. The smallest absolute Gasteiger partial charge is 0.334 e. The van der Waals surface area contributed by atoms with Gasteiger partial charge in [0.2, 0.25) is 0 Å². The maximum absolute atomic E-state index is 14.3. The fourth-order valence-electron chi connectivity index (χ4n) is 12.0. The molecule has 1 aliphatic heterocycles. The maximum atomic E-state index is 14.3. The summed E-state index contributed by atoms with van der Waals surface area (Å²) >= 11 is 0. The van der Waals surface area contributed by atoms with Gasteiger partial charge in [-0.3, -0.25) is 4.79 Å². The quantitative estimate of drug-likeness (QED) is 0.178. The fraction of sp³-hybridized carbons (Fsp3) is 0.667. The van der Waals surface area contributed by atoms with Crippen molar-refractivity contribution in [1.82, 2.24) is 0 Å². The number of hydrogen-bond acceptors (Lipinski definition) is 10. The van der Waals surface area contributed by atoms with Gasteiger partial charge in [0.25, 0.3) is 0 Å². The van der Waals surface area contributed by atoms with Crippen LogP contribution in [0.25, 0.3) is 0 Å². The van der Waals surface area contributed by atoms with Crippen LogP contribution in [-0.4, -0.2) is 76.6 Å². The van der Waals surface area contributed by atoms with E-state index in [2.05, 4.69) is 6.92 Å². The molecule has 3 N–H and O–H groups in total. The van der Waals surface area contributed by atoms with Gasteiger partial charge in [-0.15, -0.1) is 0 Å². The Morgan fingerprint density at radius 2 is 1.78 bits per heavy atom. The lowest BCUT2D eigenvalue weighted by Gasteiger charge is -2.63. The van der Waals surface area contributed by atoms with E-state index in [1.807, 2.05) is 6.92 Å². The van der Waals surface area contributed by atoms with E-state index in [-0.39, 0.29) is 59.9 Å². The number of esters is 3. The number of ketones is 1. The van der Waals surface area contributed by atoms with E-state index >= 15 is 0 Å². The van der Waals surface area contributed by atoms with Gasteiger partial charge in [0.1, 0.15) is 23.9 Å². The van der Waals surface area contributed by atoms with Crippen LogP contribution in [0.4, 0.5) is 0 Å². The zero-order valence-corrected chi connectivity index (χ0v) is 27.1. The molecule has 8 rings (SSSR count). The molecule has 0 aromatic carbocycles. The summed E-state index contributed by atoms with van der Waals surface area (Å²) in [5.41, 5.74) is 0.0365. The number of ether oxygens (including phenoxy) is 3. The molecular weight excluding hydrogens is 592 g/mol. The third-order valence-electron chi connectivity index (χ3n) is 14.2. The highest BCUT2D eigenvalue weighted by Crippen LogP contribution is 2.83. The van der Waals surface area contributed by atoms with Gasteiger partial charge in [0.05, 0.1) is 19.6 Å². The number of allylic oxidation sites excluding steroid dienone is 1. The van der Waals surface area contributed by atoms with E-state index in [1.54, 1.807) is 20.8 Å². The van der Waals surface area contributed by atoms with E-state index < -0.39 is 57.7 Å². The molecule has 0 unspecified atom stereocenters. The molecule has 12 atom stereocenters. The minimum absolute atomic E-state index is 0.0721. The second-order valence-corrected chi connectivity index (χ2v) is 15.8. The highest BCUT2D eigenvalue weighted by atomic mass is 16.6. The van der Waals surface area contributed by atoms with Gasteiger partial charge in [0.15, 0.2) is 5.78 Å². The zero-order chi connectivity index (χ0) is 33.0. The van der Waals surface area contributed by atoms with Crippen LogP contribution >= 0.6 is 0 Å². The number of carbonyl (C=O) groups excluding carboxylic acids is 4. The third-order valence-corrected chi connectivity index (χ3v) is 14.2. The van der Waals surface area contributed by atoms with Gasteiger partial charge < -0.3 is 29.5 Å². The number of Topliss-reactive ketones (excluding diaryl/α,β-unsaturated/α-hetero) is 1. The number of aliphatic hydroxyl groups is 3. The van der Waals surface area contributed by atoms with Crippen molar-refractivity contribution in [2.45, 2.75) is 77.6 Å². The Hall–Kier alpha value is -3.08. The summed E-state index contributed by atoms with van der Waals surface area (Å²) in [6.07, 6.45) is 2.41. The molecule has 8 aliphatic rings. The summed E-state index contributed by atoms with van der Waals surface area (Å²) in [6.45, 7) is 8.55. The standard InChI is InChI=1S/C36H42O10/c1-14(12-37)7-25(38)45-13-35(43)22-10-21(22)33(4)23(35)11-19-15(2)32(42)46-36(19)24(33)9-18-17-8-20(17)34(5)27(18)28(36)26(29(39)30(34)40)16(3)31(41)44-6/h7,17,20-24,28,30,37,40,43H,8-13H2,1-6H3/b14-7+,26-16-/t17-,20-,21-,22+,23-,24+,28+,30+,33+,34+,35+,36+/m1/s1. The molecule has 46 heavy (non-hydrogen) atoms. The first kappa shape index (κ1) is 30.3. The van der Waals surface area contributed by atoms with Gasteiger partial charge in [0, 0.05) is 40.0 Å². The van der Waals surface area contributed by atoms with Crippen molar-refractivity contribution in [1.29, 1.82) is 0 Å². The van der Waals surface area contributed by atoms with E-state index in [9.17, 15) is 34.5 Å². The first-order chi connectivity index (χ1) is 21.6. The molecule has 0 bridgehead atoms. The fourth-order valence-corrected chi connectivity index (χ4v) is 12.0. The Balaban J connectivity index is 1.32. The minimum atomic E-state index is -1.35. The van der Waals surface area contributed by atoms with Crippen molar-refractivity contribution in [2.75, 3.05) is 20.3 Å². The first-order valence-corrected chi connectivity index (χ1v) is 16.5. The van der Waals surface area contributed by atoms with Gasteiger partial charge >= 0.3 is 17.9 Å². The molecule has 0 aromatic rings. The number of aliphatic hydroxyl groups excluding tert-OH is 2. The second-order valence-electron chi connectivity index (χ2n) is 15.8. The van der Waals surface area contributed by atoms with Crippen LogP contribution in [0.1, 0.15) is 60.3 Å². The molecule has 10 heteroatoms. The molecule has 0 amide bonds. The van der Waals surface area contributed by atoms with Gasteiger partial charge in [-0.2, -0.15) is 0 Å². The normalized spacial score (nSPS) is 48.5. The molecule has 0 aromatic heterocycles. The Bertz CT molecular complexity index is 1680. The summed E-state index contributed by atoms with van der Waals surface area (Å²) in [7, 11) is 1.26. The van der Waals surface area contributed by atoms with Crippen molar-refractivity contribution in [3.05, 3.63) is 45.1 Å². The van der Waals surface area contributed by atoms with Crippen LogP contribution in [0.15, 0.2) is 45.1 Å². The van der Waals surface area contributed by atoms with Crippen LogP contribution in [-0.2, 0) is 33.4 Å². The predicted octanol–water partition coefficient (Wildman–Crippen LogP) is 2.51. The van der Waals surface area contributed by atoms with Gasteiger partial charge in [-0.05, 0) is 92.3 Å². The minimum Gasteiger partial charge on any atom is -0.466 e. The summed E-state index contributed by atoms with van der Waals surface area (Å²) in [4.78, 5) is 53.8. The van der Waals surface area contributed by atoms with Crippen LogP contribution in [0, 0.1) is 52.3 Å². The Kier molecular flexibility index (Phi) is 5.97. The predicted molar refractivity (Wildman–Crippen MR) is 160 cm³/mol. The van der Waals surface area contributed by atoms with Crippen molar-refractivity contribution in [3.8, 4) is 0 Å². The summed E-state index contributed by atoms with van der Waals surface area (Å²) in [5.74, 6) is -3.47. The molecular formula is C36H42O10. The monoisotopic (exact) mass is 634 g/mol. The molecule has 5 fully saturated rings. The summed E-state index contributed by atoms with van der Waals surface area (Å²) in [5, 5.41) is 33.5. The first-order valence-electron chi connectivity index (χ1n) is 16.5. The second kappa shape index (κ2) is 9.08.